The second-order valence-electron chi connectivity index (χ2n) is 6.05. The molecule has 1 heterocycles. The van der Waals surface area contributed by atoms with Crippen LogP contribution in [0.3, 0.4) is 0 Å². The largest absolute Gasteiger partial charge is 0.326 e. The molecule has 25 heavy (non-hydrogen) atoms. The molecule has 0 spiro atoms. The van der Waals surface area contributed by atoms with Crippen molar-refractivity contribution < 1.29 is 14.4 Å². The summed E-state index contributed by atoms with van der Waals surface area (Å²) < 4.78 is 0. The van der Waals surface area contributed by atoms with E-state index in [4.69, 9.17) is 0 Å². The predicted molar refractivity (Wildman–Crippen MR) is 94.0 cm³/mol. The lowest BCUT2D eigenvalue weighted by Crippen LogP contribution is -2.22. The maximum atomic E-state index is 12.1. The van der Waals surface area contributed by atoms with E-state index in [-0.39, 0.29) is 11.8 Å². The van der Waals surface area contributed by atoms with Gasteiger partial charge in [0.15, 0.2) is 0 Å². The molecule has 0 aromatic heterocycles. The van der Waals surface area contributed by atoms with E-state index in [0.29, 0.717) is 24.1 Å². The summed E-state index contributed by atoms with van der Waals surface area (Å²) in [5.41, 5.74) is 3.64. The minimum atomic E-state index is -0.682. The Bertz CT molecular complexity index is 798. The Hall–Kier alpha value is -3.15. The number of hydrogen-bond acceptors (Lipinski definition) is 3. The second-order valence-corrected chi connectivity index (χ2v) is 6.05. The molecule has 0 aliphatic carbocycles. The molecular weight excluding hydrogens is 318 g/mol. The van der Waals surface area contributed by atoms with Gasteiger partial charge in [0.2, 0.25) is 5.91 Å². The third-order valence-electron chi connectivity index (χ3n) is 4.06. The molecule has 1 aliphatic heterocycles. The third-order valence-corrected chi connectivity index (χ3v) is 4.06. The van der Waals surface area contributed by atoms with Crippen LogP contribution in [0.5, 0.6) is 0 Å². The van der Waals surface area contributed by atoms with Crippen molar-refractivity contribution >= 4 is 23.5 Å². The number of hydrogen-bond donors (Lipinski definition) is 3. The van der Waals surface area contributed by atoms with Gasteiger partial charge in [-0.3, -0.25) is 14.9 Å². The molecule has 1 unspecified atom stereocenters. The molecule has 1 atom stereocenters. The van der Waals surface area contributed by atoms with Gasteiger partial charge in [0, 0.05) is 12.1 Å². The van der Waals surface area contributed by atoms with Crippen LogP contribution in [0, 0.1) is 6.92 Å². The van der Waals surface area contributed by atoms with Crippen molar-refractivity contribution in [2.45, 2.75) is 25.8 Å². The van der Waals surface area contributed by atoms with Crippen LogP contribution in [0.25, 0.3) is 0 Å². The van der Waals surface area contributed by atoms with E-state index in [1.807, 2.05) is 31.2 Å². The van der Waals surface area contributed by atoms with Gasteiger partial charge in [0.1, 0.15) is 6.04 Å². The molecule has 2 aromatic carbocycles. The van der Waals surface area contributed by atoms with E-state index in [0.717, 1.165) is 5.56 Å². The number of carbonyl (C=O) groups excluding carboxylic acids is 3. The summed E-state index contributed by atoms with van der Waals surface area (Å²) in [6.45, 7) is 2.03. The fourth-order valence-corrected chi connectivity index (χ4v) is 2.65. The first-order valence-electron chi connectivity index (χ1n) is 8.08. The lowest BCUT2D eigenvalue weighted by atomic mass is 10.1. The van der Waals surface area contributed by atoms with Crippen molar-refractivity contribution in [3.05, 3.63) is 65.2 Å². The fourth-order valence-electron chi connectivity index (χ4n) is 2.65. The molecule has 3 rings (SSSR count). The Balaban J connectivity index is 1.54. The maximum absolute atomic E-state index is 12.1. The number of rotatable bonds is 5. The molecule has 1 saturated heterocycles. The van der Waals surface area contributed by atoms with E-state index >= 15 is 0 Å². The predicted octanol–water partition coefficient (Wildman–Crippen LogP) is 2.45. The number of urea groups is 1. The highest BCUT2D eigenvalue weighted by Gasteiger charge is 2.30. The molecule has 4 amide bonds. The summed E-state index contributed by atoms with van der Waals surface area (Å²) >= 11 is 0. The third kappa shape index (κ3) is 4.23. The number of imide groups is 1. The van der Waals surface area contributed by atoms with Crippen LogP contribution in [0.4, 0.5) is 10.5 Å². The molecule has 6 nitrogen and oxygen atoms in total. The fraction of sp³-hybridized carbons (Fsp3) is 0.211. The van der Waals surface area contributed by atoms with Gasteiger partial charge in [-0.2, -0.15) is 0 Å². The van der Waals surface area contributed by atoms with E-state index in [1.54, 1.807) is 24.3 Å². The van der Waals surface area contributed by atoms with Crippen molar-refractivity contribution in [2.75, 3.05) is 5.32 Å². The van der Waals surface area contributed by atoms with Crippen molar-refractivity contribution in [3.63, 3.8) is 0 Å². The number of aryl methyl sites for hydroxylation is 2. The zero-order chi connectivity index (χ0) is 17.8. The van der Waals surface area contributed by atoms with Crippen LogP contribution in [-0.4, -0.2) is 17.8 Å². The molecule has 0 radical (unpaired) electrons. The smallest absolute Gasteiger partial charge is 0.322 e. The van der Waals surface area contributed by atoms with Gasteiger partial charge < -0.3 is 10.6 Å². The Morgan fingerprint density at radius 3 is 2.32 bits per heavy atom. The van der Waals surface area contributed by atoms with Gasteiger partial charge in [-0.1, -0.05) is 42.0 Å². The molecule has 0 saturated carbocycles. The molecule has 1 aliphatic rings. The molecule has 6 heteroatoms. The Kier molecular flexibility index (Phi) is 4.79. The van der Waals surface area contributed by atoms with Crippen molar-refractivity contribution in [3.8, 4) is 0 Å². The van der Waals surface area contributed by atoms with Crippen LogP contribution in [0.1, 0.15) is 29.2 Å². The van der Waals surface area contributed by atoms with E-state index in [1.165, 1.54) is 5.56 Å². The molecule has 0 bridgehead atoms. The van der Waals surface area contributed by atoms with Gasteiger partial charge in [-0.15, -0.1) is 0 Å². The highest BCUT2D eigenvalue weighted by Crippen LogP contribution is 2.19. The van der Waals surface area contributed by atoms with Crippen molar-refractivity contribution in [1.29, 1.82) is 0 Å². The zero-order valence-electron chi connectivity index (χ0n) is 13.8. The summed E-state index contributed by atoms with van der Waals surface area (Å²) in [5, 5.41) is 7.56. The van der Waals surface area contributed by atoms with Gasteiger partial charge in [-0.05, 0) is 36.6 Å². The standard InChI is InChI=1S/C19H19N3O3/c1-12-2-4-13(5-3-12)6-11-16(23)20-15-9-7-14(8-10-15)17-18(24)22-19(25)21-17/h2-5,7-10,17H,6,11H2,1H3,(H,20,23)(H2,21,22,24,25). The van der Waals surface area contributed by atoms with E-state index in [9.17, 15) is 14.4 Å². The minimum absolute atomic E-state index is 0.0692. The number of amides is 4. The summed E-state index contributed by atoms with van der Waals surface area (Å²) in [7, 11) is 0. The average molecular weight is 337 g/mol. The molecule has 128 valence electrons. The van der Waals surface area contributed by atoms with E-state index in [2.05, 4.69) is 16.0 Å². The SMILES string of the molecule is Cc1ccc(CCC(=O)Nc2ccc(C3NC(=O)NC3=O)cc2)cc1. The summed E-state index contributed by atoms with van der Waals surface area (Å²) in [5.74, 6) is -0.444. The molecule has 3 N–H and O–H groups in total. The second kappa shape index (κ2) is 7.17. The van der Waals surface area contributed by atoms with Crippen LogP contribution in [0.2, 0.25) is 0 Å². The highest BCUT2D eigenvalue weighted by atomic mass is 16.2. The highest BCUT2D eigenvalue weighted by molar-refractivity contribution is 6.04. The van der Waals surface area contributed by atoms with E-state index < -0.39 is 12.1 Å². The van der Waals surface area contributed by atoms with Crippen LogP contribution in [-0.2, 0) is 16.0 Å². The van der Waals surface area contributed by atoms with Crippen LogP contribution < -0.4 is 16.0 Å². The first-order valence-corrected chi connectivity index (χ1v) is 8.08. The summed E-state index contributed by atoms with van der Waals surface area (Å²) in [6, 6.07) is 13.8. The number of nitrogens with one attached hydrogen (secondary N) is 3. The first kappa shape index (κ1) is 16.7. The Labute approximate surface area is 145 Å². The number of benzene rings is 2. The number of anilines is 1. The molecule has 1 fully saturated rings. The van der Waals surface area contributed by atoms with Crippen molar-refractivity contribution in [2.24, 2.45) is 0 Å². The quantitative estimate of drug-likeness (QED) is 0.732. The summed E-state index contributed by atoms with van der Waals surface area (Å²) in [6.07, 6.45) is 1.07. The van der Waals surface area contributed by atoms with Gasteiger partial charge in [0.05, 0.1) is 0 Å². The van der Waals surface area contributed by atoms with Crippen LogP contribution >= 0.6 is 0 Å². The first-order chi connectivity index (χ1) is 12.0. The topological polar surface area (TPSA) is 87.3 Å². The lowest BCUT2D eigenvalue weighted by molar-refractivity contribution is -0.120. The van der Waals surface area contributed by atoms with Crippen LogP contribution in [0.15, 0.2) is 48.5 Å². The monoisotopic (exact) mass is 337 g/mol. The molecule has 2 aromatic rings. The van der Waals surface area contributed by atoms with Crippen molar-refractivity contribution in [1.82, 2.24) is 10.6 Å². The minimum Gasteiger partial charge on any atom is -0.326 e. The average Bonchev–Trinajstić information content (AvgIpc) is 2.93. The van der Waals surface area contributed by atoms with Gasteiger partial charge in [0.25, 0.3) is 5.91 Å². The zero-order valence-corrected chi connectivity index (χ0v) is 13.8. The number of carbonyl (C=O) groups is 3. The summed E-state index contributed by atoms with van der Waals surface area (Å²) in [4.78, 5) is 34.8. The van der Waals surface area contributed by atoms with Gasteiger partial charge >= 0.3 is 6.03 Å². The maximum Gasteiger partial charge on any atom is 0.322 e. The Morgan fingerprint density at radius 2 is 1.72 bits per heavy atom. The van der Waals surface area contributed by atoms with Gasteiger partial charge in [-0.25, -0.2) is 4.79 Å². The normalized spacial score (nSPS) is 16.3. The lowest BCUT2D eigenvalue weighted by Gasteiger charge is -2.10. The molecular formula is C19H19N3O3. The Morgan fingerprint density at radius 1 is 1.04 bits per heavy atom.